The van der Waals surface area contributed by atoms with E-state index in [9.17, 15) is 9.59 Å². The number of carbonyl (C=O) groups excluding carboxylic acids is 2. The van der Waals surface area contributed by atoms with Crippen molar-refractivity contribution in [3.63, 3.8) is 0 Å². The Morgan fingerprint density at radius 2 is 1.93 bits per heavy atom. The first-order valence-electron chi connectivity index (χ1n) is 9.72. The summed E-state index contributed by atoms with van der Waals surface area (Å²) in [6.45, 7) is 3.29. The third kappa shape index (κ3) is 3.30. The Labute approximate surface area is 165 Å². The summed E-state index contributed by atoms with van der Waals surface area (Å²) >= 11 is 0. The highest BCUT2D eigenvalue weighted by Gasteiger charge is 2.28. The van der Waals surface area contributed by atoms with E-state index in [1.807, 2.05) is 48.2 Å². The number of amides is 2. The molecule has 1 saturated heterocycles. The number of carbonyl (C=O) groups is 2. The average molecular weight is 379 g/mol. The zero-order chi connectivity index (χ0) is 19.7. The number of nitrogens with zero attached hydrogens (tertiary/aromatic N) is 2. The topological polar surface area (TPSA) is 61.9 Å². The van der Waals surface area contributed by atoms with Gasteiger partial charge in [0.15, 0.2) is 0 Å². The monoisotopic (exact) mass is 379 g/mol. The van der Waals surface area contributed by atoms with Gasteiger partial charge >= 0.3 is 0 Å². The third-order valence-electron chi connectivity index (χ3n) is 5.45. The second-order valence-electron chi connectivity index (χ2n) is 7.27. The maximum absolute atomic E-state index is 13.0. The van der Waals surface area contributed by atoms with Gasteiger partial charge in [-0.1, -0.05) is 18.2 Å². The van der Waals surface area contributed by atoms with Gasteiger partial charge in [0.05, 0.1) is 12.8 Å². The molecular weight excluding hydrogens is 354 g/mol. The van der Waals surface area contributed by atoms with Crippen LogP contribution in [0.5, 0.6) is 5.75 Å². The number of ether oxygens (including phenoxy) is 1. The van der Waals surface area contributed by atoms with Crippen LogP contribution in [0.25, 0.3) is 0 Å². The summed E-state index contributed by atoms with van der Waals surface area (Å²) in [5, 5.41) is 3.28. The van der Waals surface area contributed by atoms with Crippen LogP contribution in [0.2, 0.25) is 0 Å². The van der Waals surface area contributed by atoms with Crippen molar-refractivity contribution in [1.29, 1.82) is 0 Å². The van der Waals surface area contributed by atoms with E-state index in [4.69, 9.17) is 4.74 Å². The first kappa shape index (κ1) is 18.3. The van der Waals surface area contributed by atoms with Crippen molar-refractivity contribution in [3.05, 3.63) is 48.0 Å². The number of hydrogen-bond acceptors (Lipinski definition) is 4. The van der Waals surface area contributed by atoms with E-state index < -0.39 is 0 Å². The molecule has 1 fully saturated rings. The molecule has 6 nitrogen and oxygen atoms in total. The second-order valence-corrected chi connectivity index (χ2v) is 7.27. The van der Waals surface area contributed by atoms with Crippen LogP contribution in [-0.2, 0) is 16.0 Å². The van der Waals surface area contributed by atoms with Crippen molar-refractivity contribution in [3.8, 4) is 5.75 Å². The van der Waals surface area contributed by atoms with Crippen molar-refractivity contribution >= 4 is 28.9 Å². The Morgan fingerprint density at radius 3 is 2.68 bits per heavy atom. The fraction of sp³-hybridized carbons (Fsp3) is 0.364. The fourth-order valence-corrected chi connectivity index (χ4v) is 4.01. The molecule has 2 amide bonds. The van der Waals surface area contributed by atoms with Gasteiger partial charge in [0.25, 0.3) is 0 Å². The van der Waals surface area contributed by atoms with E-state index >= 15 is 0 Å². The van der Waals surface area contributed by atoms with Crippen LogP contribution in [0.15, 0.2) is 42.5 Å². The molecule has 2 aliphatic rings. The summed E-state index contributed by atoms with van der Waals surface area (Å²) in [6, 6.07) is 13.3. The standard InChI is InChI=1S/C22H25N3O3/c1-15(22(27)25-13-11-16-6-3-4-7-18(16)25)23-17-9-10-19(20(14-17)28-2)24-12-5-8-21(24)26/h3-4,6-7,9-10,14-15,23H,5,8,11-13H2,1-2H3. The molecule has 146 valence electrons. The zero-order valence-corrected chi connectivity index (χ0v) is 16.3. The normalized spacial score (nSPS) is 16.9. The molecule has 0 saturated carbocycles. The molecule has 0 aromatic heterocycles. The van der Waals surface area contributed by atoms with E-state index in [1.54, 1.807) is 12.0 Å². The molecule has 2 aliphatic heterocycles. The van der Waals surface area contributed by atoms with Crippen LogP contribution < -0.4 is 19.9 Å². The molecule has 6 heteroatoms. The van der Waals surface area contributed by atoms with Gasteiger partial charge in [-0.25, -0.2) is 0 Å². The van der Waals surface area contributed by atoms with Crippen molar-refractivity contribution < 1.29 is 14.3 Å². The van der Waals surface area contributed by atoms with Crippen LogP contribution >= 0.6 is 0 Å². The number of methoxy groups -OCH3 is 1. The van der Waals surface area contributed by atoms with E-state index in [-0.39, 0.29) is 17.9 Å². The predicted octanol–water partition coefficient (Wildman–Crippen LogP) is 3.21. The lowest BCUT2D eigenvalue weighted by atomic mass is 10.2. The molecule has 4 rings (SSSR count). The summed E-state index contributed by atoms with van der Waals surface area (Å²) in [5.41, 5.74) is 3.79. The molecule has 2 aromatic carbocycles. The molecule has 1 atom stereocenters. The van der Waals surface area contributed by atoms with Crippen molar-refractivity contribution in [1.82, 2.24) is 0 Å². The number of hydrogen-bond donors (Lipinski definition) is 1. The first-order valence-corrected chi connectivity index (χ1v) is 9.72. The Hall–Kier alpha value is -3.02. The van der Waals surface area contributed by atoms with E-state index in [1.165, 1.54) is 5.56 Å². The second kappa shape index (κ2) is 7.54. The first-order chi connectivity index (χ1) is 13.6. The molecule has 0 radical (unpaired) electrons. The highest BCUT2D eigenvalue weighted by molar-refractivity contribution is 6.00. The Morgan fingerprint density at radius 1 is 1.11 bits per heavy atom. The smallest absolute Gasteiger partial charge is 0.249 e. The van der Waals surface area contributed by atoms with Crippen LogP contribution in [0.4, 0.5) is 17.1 Å². The maximum Gasteiger partial charge on any atom is 0.249 e. The molecule has 1 N–H and O–H groups in total. The van der Waals surface area contributed by atoms with E-state index in [0.29, 0.717) is 25.3 Å². The fourth-order valence-electron chi connectivity index (χ4n) is 4.01. The van der Waals surface area contributed by atoms with Crippen LogP contribution in [0.3, 0.4) is 0 Å². The lowest BCUT2D eigenvalue weighted by Gasteiger charge is -2.24. The molecule has 0 spiro atoms. The summed E-state index contributed by atoms with van der Waals surface area (Å²) in [4.78, 5) is 28.6. The van der Waals surface area contributed by atoms with Gasteiger partial charge < -0.3 is 19.9 Å². The Kier molecular flexibility index (Phi) is 4.94. The number of para-hydroxylation sites is 1. The highest BCUT2D eigenvalue weighted by Crippen LogP contribution is 2.34. The minimum absolute atomic E-state index is 0.0442. The number of benzene rings is 2. The molecular formula is C22H25N3O3. The maximum atomic E-state index is 13.0. The molecule has 2 aromatic rings. The Bertz CT molecular complexity index is 912. The van der Waals surface area contributed by atoms with Crippen LogP contribution in [-0.4, -0.2) is 38.1 Å². The summed E-state index contributed by atoms with van der Waals surface area (Å²) in [5.74, 6) is 0.796. The Balaban J connectivity index is 1.49. The van der Waals surface area contributed by atoms with Gasteiger partial charge in [-0.2, -0.15) is 0 Å². The average Bonchev–Trinajstić information content (AvgIpc) is 3.33. The number of fused-ring (bicyclic) bond motifs is 1. The lowest BCUT2D eigenvalue weighted by molar-refractivity contribution is -0.119. The third-order valence-corrected chi connectivity index (χ3v) is 5.45. The number of anilines is 3. The van der Waals surface area contributed by atoms with Gasteiger partial charge in [0.1, 0.15) is 11.8 Å². The number of rotatable bonds is 5. The SMILES string of the molecule is COc1cc(NC(C)C(=O)N2CCc3ccccc32)ccc1N1CCCC1=O. The summed E-state index contributed by atoms with van der Waals surface area (Å²) in [7, 11) is 1.60. The van der Waals surface area contributed by atoms with Gasteiger partial charge in [0, 0.05) is 37.0 Å². The minimum atomic E-state index is -0.380. The van der Waals surface area contributed by atoms with Crippen molar-refractivity contribution in [2.75, 3.05) is 35.3 Å². The summed E-state index contributed by atoms with van der Waals surface area (Å²) in [6.07, 6.45) is 2.33. The molecule has 0 bridgehead atoms. The highest BCUT2D eigenvalue weighted by atomic mass is 16.5. The van der Waals surface area contributed by atoms with Gasteiger partial charge in [-0.15, -0.1) is 0 Å². The number of nitrogens with one attached hydrogen (secondary N) is 1. The molecule has 0 aliphatic carbocycles. The van der Waals surface area contributed by atoms with Gasteiger partial charge in [-0.3, -0.25) is 9.59 Å². The van der Waals surface area contributed by atoms with Crippen molar-refractivity contribution in [2.45, 2.75) is 32.2 Å². The molecule has 1 unspecified atom stereocenters. The zero-order valence-electron chi connectivity index (χ0n) is 16.3. The van der Waals surface area contributed by atoms with E-state index in [0.717, 1.165) is 29.9 Å². The largest absolute Gasteiger partial charge is 0.494 e. The van der Waals surface area contributed by atoms with Crippen LogP contribution in [0, 0.1) is 0 Å². The minimum Gasteiger partial charge on any atom is -0.494 e. The summed E-state index contributed by atoms with van der Waals surface area (Å²) < 4.78 is 5.51. The lowest BCUT2D eigenvalue weighted by Crippen LogP contribution is -2.40. The van der Waals surface area contributed by atoms with Crippen molar-refractivity contribution in [2.24, 2.45) is 0 Å². The molecule has 28 heavy (non-hydrogen) atoms. The predicted molar refractivity (Wildman–Crippen MR) is 110 cm³/mol. The van der Waals surface area contributed by atoms with Gasteiger partial charge in [0.2, 0.25) is 11.8 Å². The quantitative estimate of drug-likeness (QED) is 0.867. The molecule has 2 heterocycles. The van der Waals surface area contributed by atoms with Crippen LogP contribution in [0.1, 0.15) is 25.3 Å². The van der Waals surface area contributed by atoms with E-state index in [2.05, 4.69) is 11.4 Å². The van der Waals surface area contributed by atoms with Gasteiger partial charge in [-0.05, 0) is 43.5 Å².